The number of benzene rings is 4. The van der Waals surface area contributed by atoms with E-state index < -0.39 is 0 Å². The first-order chi connectivity index (χ1) is 15.1. The van der Waals surface area contributed by atoms with E-state index in [1.54, 1.807) is 7.11 Å². The van der Waals surface area contributed by atoms with E-state index in [-0.39, 0.29) is 5.97 Å². The van der Waals surface area contributed by atoms with Crippen LogP contribution in [0, 0.1) is 0 Å². The molecule has 1 heterocycles. The Labute approximate surface area is 181 Å². The van der Waals surface area contributed by atoms with Gasteiger partial charge in [-0.25, -0.2) is 4.79 Å². The maximum atomic E-state index is 13.2. The summed E-state index contributed by atoms with van der Waals surface area (Å²) in [5, 5.41) is 6.55. The van der Waals surface area contributed by atoms with Crippen LogP contribution in [0.15, 0.2) is 60.7 Å². The molecule has 1 aromatic heterocycles. The molecule has 156 valence electrons. The lowest BCUT2D eigenvalue weighted by Crippen LogP contribution is -2.08. The van der Waals surface area contributed by atoms with Crippen LogP contribution in [0.2, 0.25) is 0 Å². The highest BCUT2D eigenvalue weighted by molar-refractivity contribution is 6.28. The van der Waals surface area contributed by atoms with Crippen molar-refractivity contribution in [3.8, 4) is 5.75 Å². The number of carbonyl (C=O) groups excluding carboxylic acids is 1. The fourth-order valence-corrected chi connectivity index (χ4v) is 4.56. The van der Waals surface area contributed by atoms with Crippen LogP contribution in [-0.2, 0) is 11.8 Å². The van der Waals surface area contributed by atoms with Gasteiger partial charge in [0.1, 0.15) is 5.75 Å². The Kier molecular flexibility index (Phi) is 4.78. The number of aryl methyl sites for hydroxylation is 1. The summed E-state index contributed by atoms with van der Waals surface area (Å²) in [5.41, 5.74) is 2.61. The minimum absolute atomic E-state index is 0.272. The first-order valence-electron chi connectivity index (χ1n) is 10.7. The Morgan fingerprint density at radius 1 is 0.935 bits per heavy atom. The summed E-state index contributed by atoms with van der Waals surface area (Å²) in [7, 11) is 3.69. The Morgan fingerprint density at radius 2 is 1.74 bits per heavy atom. The normalized spacial score (nSPS) is 11.6. The van der Waals surface area contributed by atoms with Gasteiger partial charge in [-0.2, -0.15) is 0 Å². The maximum absolute atomic E-state index is 13.2. The standard InChI is InChI=1S/C27H25NO3/c1-4-5-14-31-27(29)23-16-22-19(13-11-17-10-12-18(30-3)15-21(17)22)25-20-8-6-7-9-24(20)28(2)26(23)25/h6-13,15-16H,4-5,14H2,1-3H3. The highest BCUT2D eigenvalue weighted by Crippen LogP contribution is 2.40. The molecule has 31 heavy (non-hydrogen) atoms. The fourth-order valence-electron chi connectivity index (χ4n) is 4.56. The van der Waals surface area contributed by atoms with E-state index in [0.717, 1.165) is 61.9 Å². The number of methoxy groups -OCH3 is 1. The van der Waals surface area contributed by atoms with Gasteiger partial charge in [-0.3, -0.25) is 0 Å². The summed E-state index contributed by atoms with van der Waals surface area (Å²) in [6.45, 7) is 2.52. The highest BCUT2D eigenvalue weighted by atomic mass is 16.5. The second kappa shape index (κ2) is 7.62. The molecular formula is C27H25NO3. The van der Waals surface area contributed by atoms with Crippen molar-refractivity contribution in [3.05, 3.63) is 66.2 Å². The molecule has 5 aromatic rings. The second-order valence-electron chi connectivity index (χ2n) is 7.96. The van der Waals surface area contributed by atoms with Crippen LogP contribution in [-0.4, -0.2) is 24.3 Å². The van der Waals surface area contributed by atoms with Crippen molar-refractivity contribution in [2.75, 3.05) is 13.7 Å². The maximum Gasteiger partial charge on any atom is 0.340 e. The largest absolute Gasteiger partial charge is 0.497 e. The summed E-state index contributed by atoms with van der Waals surface area (Å²) in [6.07, 6.45) is 1.84. The lowest BCUT2D eigenvalue weighted by molar-refractivity contribution is 0.0502. The molecule has 0 aliphatic heterocycles. The van der Waals surface area contributed by atoms with Crippen molar-refractivity contribution in [1.29, 1.82) is 0 Å². The van der Waals surface area contributed by atoms with Crippen LogP contribution in [0.1, 0.15) is 30.1 Å². The molecule has 0 radical (unpaired) electrons. The monoisotopic (exact) mass is 411 g/mol. The van der Waals surface area contributed by atoms with Gasteiger partial charge in [-0.1, -0.05) is 49.7 Å². The predicted molar refractivity (Wildman–Crippen MR) is 127 cm³/mol. The van der Waals surface area contributed by atoms with E-state index in [2.05, 4.69) is 41.8 Å². The molecule has 4 nitrogen and oxygen atoms in total. The Morgan fingerprint density at radius 3 is 2.55 bits per heavy atom. The molecule has 4 heteroatoms. The Bertz CT molecular complexity index is 1460. The molecule has 0 aliphatic carbocycles. The van der Waals surface area contributed by atoms with Crippen LogP contribution < -0.4 is 4.74 Å². The average Bonchev–Trinajstić information content (AvgIpc) is 3.11. The minimum atomic E-state index is -0.272. The van der Waals surface area contributed by atoms with Crippen LogP contribution in [0.25, 0.3) is 43.4 Å². The molecule has 0 aliphatic rings. The van der Waals surface area contributed by atoms with Crippen molar-refractivity contribution < 1.29 is 14.3 Å². The molecular weight excluding hydrogens is 386 g/mol. The molecule has 0 fully saturated rings. The zero-order chi connectivity index (χ0) is 21.5. The van der Waals surface area contributed by atoms with E-state index in [0.29, 0.717) is 12.2 Å². The lowest BCUT2D eigenvalue weighted by atomic mass is 9.95. The number of hydrogen-bond donors (Lipinski definition) is 0. The molecule has 0 amide bonds. The SMILES string of the molecule is CCCCOC(=O)c1cc2c3cc(OC)ccc3ccc2c2c3ccccc3n(C)c12. The lowest BCUT2D eigenvalue weighted by Gasteiger charge is -2.12. The van der Waals surface area contributed by atoms with Gasteiger partial charge in [-0.05, 0) is 52.2 Å². The first-order valence-corrected chi connectivity index (χ1v) is 10.7. The van der Waals surface area contributed by atoms with Crippen molar-refractivity contribution in [1.82, 2.24) is 4.57 Å². The number of aromatic nitrogens is 1. The average molecular weight is 412 g/mol. The molecule has 0 saturated carbocycles. The zero-order valence-electron chi connectivity index (χ0n) is 18.1. The van der Waals surface area contributed by atoms with Crippen LogP contribution >= 0.6 is 0 Å². The van der Waals surface area contributed by atoms with Gasteiger partial charge in [0.25, 0.3) is 0 Å². The van der Waals surface area contributed by atoms with E-state index >= 15 is 0 Å². The van der Waals surface area contributed by atoms with Crippen LogP contribution in [0.4, 0.5) is 0 Å². The quantitative estimate of drug-likeness (QED) is 0.186. The number of unbranched alkanes of at least 4 members (excludes halogenated alkanes) is 1. The highest BCUT2D eigenvalue weighted by Gasteiger charge is 2.21. The Hall–Kier alpha value is -3.53. The van der Waals surface area contributed by atoms with Crippen LogP contribution in [0.3, 0.4) is 0 Å². The number of para-hydroxylation sites is 1. The third-order valence-corrected chi connectivity index (χ3v) is 6.14. The van der Waals surface area contributed by atoms with Gasteiger partial charge in [0, 0.05) is 23.3 Å². The van der Waals surface area contributed by atoms with Crippen molar-refractivity contribution in [3.63, 3.8) is 0 Å². The topological polar surface area (TPSA) is 40.5 Å². The zero-order valence-corrected chi connectivity index (χ0v) is 18.1. The first kappa shape index (κ1) is 19.4. The predicted octanol–water partition coefficient (Wildman–Crippen LogP) is 6.60. The number of fused-ring (bicyclic) bond motifs is 7. The summed E-state index contributed by atoms with van der Waals surface area (Å²) in [6, 6.07) is 20.6. The summed E-state index contributed by atoms with van der Waals surface area (Å²) >= 11 is 0. The summed E-state index contributed by atoms with van der Waals surface area (Å²) in [4.78, 5) is 13.2. The van der Waals surface area contributed by atoms with E-state index in [9.17, 15) is 4.79 Å². The third-order valence-electron chi connectivity index (χ3n) is 6.14. The number of hydrogen-bond acceptors (Lipinski definition) is 3. The molecule has 0 bridgehead atoms. The van der Waals surface area contributed by atoms with Gasteiger partial charge in [0.05, 0.1) is 24.8 Å². The van der Waals surface area contributed by atoms with Crippen molar-refractivity contribution >= 4 is 49.3 Å². The molecule has 0 atom stereocenters. The van der Waals surface area contributed by atoms with Gasteiger partial charge in [0.2, 0.25) is 0 Å². The number of carbonyl (C=O) groups is 1. The second-order valence-corrected chi connectivity index (χ2v) is 7.96. The van der Waals surface area contributed by atoms with E-state index in [4.69, 9.17) is 9.47 Å². The van der Waals surface area contributed by atoms with Gasteiger partial charge in [-0.15, -0.1) is 0 Å². The van der Waals surface area contributed by atoms with Crippen LogP contribution in [0.5, 0.6) is 5.75 Å². The van der Waals surface area contributed by atoms with Gasteiger partial charge < -0.3 is 14.0 Å². The molecule has 0 unspecified atom stereocenters. The van der Waals surface area contributed by atoms with Crippen molar-refractivity contribution in [2.45, 2.75) is 19.8 Å². The number of esters is 1. The van der Waals surface area contributed by atoms with Crippen molar-refractivity contribution in [2.24, 2.45) is 7.05 Å². The molecule has 0 N–H and O–H groups in total. The van der Waals surface area contributed by atoms with Gasteiger partial charge in [0.15, 0.2) is 0 Å². The summed E-state index contributed by atoms with van der Waals surface area (Å²) < 4.78 is 13.2. The minimum Gasteiger partial charge on any atom is -0.497 e. The fraction of sp³-hybridized carbons (Fsp3) is 0.222. The molecule has 4 aromatic carbocycles. The smallest absolute Gasteiger partial charge is 0.340 e. The Balaban J connectivity index is 1.92. The van der Waals surface area contributed by atoms with E-state index in [1.807, 2.05) is 37.4 Å². The van der Waals surface area contributed by atoms with E-state index in [1.165, 1.54) is 0 Å². The van der Waals surface area contributed by atoms with Gasteiger partial charge >= 0.3 is 5.97 Å². The number of rotatable bonds is 5. The third kappa shape index (κ3) is 3.02. The number of ether oxygens (including phenoxy) is 2. The number of nitrogens with zero attached hydrogens (tertiary/aromatic N) is 1. The molecule has 5 rings (SSSR count). The molecule has 0 spiro atoms. The summed E-state index contributed by atoms with van der Waals surface area (Å²) in [5.74, 6) is 0.524. The molecule has 0 saturated heterocycles.